The largest absolute Gasteiger partial charge is 0.416 e. The summed E-state index contributed by atoms with van der Waals surface area (Å²) in [6.07, 6.45) is -2.86. The second-order valence-corrected chi connectivity index (χ2v) is 9.99. The van der Waals surface area contributed by atoms with Crippen LogP contribution < -0.4 is 5.32 Å². The Labute approximate surface area is 157 Å². The molecular formula is C16H16F3NO3S3. The number of benzene rings is 1. The Morgan fingerprint density at radius 1 is 1.27 bits per heavy atom. The maximum Gasteiger partial charge on any atom is 0.416 e. The summed E-state index contributed by atoms with van der Waals surface area (Å²) in [6.45, 7) is 3.05. The van der Waals surface area contributed by atoms with Crippen molar-refractivity contribution >= 4 is 44.5 Å². The van der Waals surface area contributed by atoms with Gasteiger partial charge in [-0.15, -0.1) is 23.1 Å². The molecule has 1 amide bonds. The van der Waals surface area contributed by atoms with Crippen LogP contribution in [0.2, 0.25) is 0 Å². The molecule has 1 heterocycles. The number of rotatable bonds is 5. The van der Waals surface area contributed by atoms with Crippen LogP contribution in [0.15, 0.2) is 38.8 Å². The summed E-state index contributed by atoms with van der Waals surface area (Å²) in [6, 6.07) is 3.96. The van der Waals surface area contributed by atoms with Crippen molar-refractivity contribution in [2.75, 3.05) is 11.6 Å². The second kappa shape index (κ2) is 7.61. The number of carbonyl (C=O) groups is 1. The van der Waals surface area contributed by atoms with E-state index in [1.54, 1.807) is 6.26 Å². The van der Waals surface area contributed by atoms with E-state index in [2.05, 4.69) is 5.32 Å². The van der Waals surface area contributed by atoms with Crippen LogP contribution in [0.3, 0.4) is 0 Å². The van der Waals surface area contributed by atoms with Gasteiger partial charge in [0.25, 0.3) is 5.91 Å². The first-order valence-corrected chi connectivity index (χ1v) is 11.0. The van der Waals surface area contributed by atoms with Crippen LogP contribution in [-0.4, -0.2) is 25.8 Å². The van der Waals surface area contributed by atoms with Crippen molar-refractivity contribution < 1.29 is 26.4 Å². The molecule has 0 saturated carbocycles. The normalized spacial score (nSPS) is 12.4. The van der Waals surface area contributed by atoms with E-state index in [0.29, 0.717) is 4.21 Å². The Bertz CT molecular complexity index is 918. The zero-order chi connectivity index (χ0) is 19.7. The minimum absolute atomic E-state index is 0.00493. The van der Waals surface area contributed by atoms with E-state index in [4.69, 9.17) is 0 Å². The molecule has 1 aromatic heterocycles. The highest BCUT2D eigenvalue weighted by atomic mass is 32.2. The molecule has 0 fully saturated rings. The number of alkyl halides is 3. The van der Waals surface area contributed by atoms with Crippen molar-refractivity contribution in [2.45, 2.75) is 34.4 Å². The Morgan fingerprint density at radius 2 is 1.92 bits per heavy atom. The monoisotopic (exact) mass is 423 g/mol. The fourth-order valence-corrected chi connectivity index (χ4v) is 5.82. The van der Waals surface area contributed by atoms with E-state index in [1.165, 1.54) is 37.1 Å². The van der Waals surface area contributed by atoms with E-state index in [-0.39, 0.29) is 16.1 Å². The predicted molar refractivity (Wildman–Crippen MR) is 97.8 cm³/mol. The molecule has 0 aliphatic rings. The Morgan fingerprint density at radius 3 is 2.46 bits per heavy atom. The van der Waals surface area contributed by atoms with Gasteiger partial charge in [0, 0.05) is 10.9 Å². The maximum absolute atomic E-state index is 12.8. The highest BCUT2D eigenvalue weighted by Crippen LogP contribution is 2.40. The molecule has 0 unspecified atom stereocenters. The summed E-state index contributed by atoms with van der Waals surface area (Å²) < 4.78 is 64.1. The summed E-state index contributed by atoms with van der Waals surface area (Å²) in [7, 11) is -3.67. The van der Waals surface area contributed by atoms with Gasteiger partial charge in [-0.2, -0.15) is 13.2 Å². The fraction of sp³-hybridized carbons (Fsp3) is 0.312. The second-order valence-electron chi connectivity index (χ2n) is 5.60. The van der Waals surface area contributed by atoms with Gasteiger partial charge in [0.2, 0.25) is 0 Å². The Balaban J connectivity index is 2.41. The molecule has 1 N–H and O–H groups in total. The van der Waals surface area contributed by atoms with Crippen molar-refractivity contribution in [1.29, 1.82) is 0 Å². The standard InChI is InChI=1S/C16H16F3NO3S3/c1-9(2)26(22,23)13-12(8-25-15(13)24-3)20-14(21)10-5-4-6-11(7-10)16(17,18)19/h4-9H,1-3H3,(H,20,21). The summed E-state index contributed by atoms with van der Waals surface area (Å²) in [5.74, 6) is -0.804. The van der Waals surface area contributed by atoms with Crippen LogP contribution in [-0.2, 0) is 16.0 Å². The number of halogens is 3. The van der Waals surface area contributed by atoms with E-state index in [9.17, 15) is 26.4 Å². The lowest BCUT2D eigenvalue weighted by atomic mass is 10.1. The summed E-state index contributed by atoms with van der Waals surface area (Å²) in [5, 5.41) is 3.21. The lowest BCUT2D eigenvalue weighted by Crippen LogP contribution is -2.19. The number of thiophene rings is 1. The van der Waals surface area contributed by atoms with Crippen molar-refractivity contribution in [3.8, 4) is 0 Å². The van der Waals surface area contributed by atoms with Crippen LogP contribution in [0.5, 0.6) is 0 Å². The fourth-order valence-electron chi connectivity index (χ4n) is 2.09. The number of carbonyl (C=O) groups excluding carboxylic acids is 1. The molecule has 0 aliphatic heterocycles. The van der Waals surface area contributed by atoms with Gasteiger partial charge in [0.1, 0.15) is 4.90 Å². The number of hydrogen-bond donors (Lipinski definition) is 1. The number of amides is 1. The molecule has 10 heteroatoms. The van der Waals surface area contributed by atoms with Gasteiger partial charge in [-0.3, -0.25) is 4.79 Å². The molecule has 0 bridgehead atoms. The van der Waals surface area contributed by atoms with Gasteiger partial charge in [0.05, 0.1) is 20.7 Å². The van der Waals surface area contributed by atoms with Gasteiger partial charge >= 0.3 is 6.18 Å². The van der Waals surface area contributed by atoms with Crippen molar-refractivity contribution in [1.82, 2.24) is 0 Å². The molecule has 4 nitrogen and oxygen atoms in total. The van der Waals surface area contributed by atoms with Gasteiger partial charge in [-0.05, 0) is 38.3 Å². The minimum atomic E-state index is -4.57. The molecule has 2 aromatic rings. The maximum atomic E-state index is 12.8. The van der Waals surface area contributed by atoms with E-state index in [1.807, 2.05) is 0 Å². The van der Waals surface area contributed by atoms with Crippen molar-refractivity contribution in [3.05, 3.63) is 40.8 Å². The molecule has 0 atom stereocenters. The quantitative estimate of drug-likeness (QED) is 0.693. The van der Waals surface area contributed by atoms with E-state index in [0.717, 1.165) is 29.5 Å². The first-order valence-electron chi connectivity index (χ1n) is 7.36. The molecule has 0 spiro atoms. The van der Waals surface area contributed by atoms with Gasteiger partial charge in [0.15, 0.2) is 9.84 Å². The average molecular weight is 424 g/mol. The molecule has 0 aliphatic carbocycles. The minimum Gasteiger partial charge on any atom is -0.320 e. The first kappa shape index (κ1) is 20.8. The third-order valence-corrected chi connectivity index (χ3v) is 8.13. The third kappa shape index (κ3) is 4.24. The molecule has 26 heavy (non-hydrogen) atoms. The van der Waals surface area contributed by atoms with Crippen LogP contribution in [0.4, 0.5) is 18.9 Å². The lowest BCUT2D eigenvalue weighted by Gasteiger charge is -2.12. The number of thioether (sulfide) groups is 1. The lowest BCUT2D eigenvalue weighted by molar-refractivity contribution is -0.137. The third-order valence-electron chi connectivity index (χ3n) is 3.50. The SMILES string of the molecule is CSc1scc(NC(=O)c2cccc(C(F)(F)F)c2)c1S(=O)(=O)C(C)C. The molecule has 2 rings (SSSR count). The molecule has 0 saturated heterocycles. The predicted octanol–water partition coefficient (Wildman–Crippen LogP) is 4.92. The molecule has 0 radical (unpaired) electrons. The van der Waals surface area contributed by atoms with Gasteiger partial charge in [-0.1, -0.05) is 6.07 Å². The zero-order valence-electron chi connectivity index (χ0n) is 14.0. The molecule has 142 valence electrons. The smallest absolute Gasteiger partial charge is 0.320 e. The van der Waals surface area contributed by atoms with Gasteiger partial charge in [-0.25, -0.2) is 8.42 Å². The number of hydrogen-bond acceptors (Lipinski definition) is 5. The first-order chi connectivity index (χ1) is 12.0. The molecular weight excluding hydrogens is 407 g/mol. The summed E-state index contributed by atoms with van der Waals surface area (Å²) >= 11 is 2.38. The van der Waals surface area contributed by atoms with Crippen LogP contribution in [0.25, 0.3) is 0 Å². The summed E-state index contributed by atoms with van der Waals surface area (Å²) in [5.41, 5.74) is -1.07. The number of nitrogens with one attached hydrogen (secondary N) is 1. The highest BCUT2D eigenvalue weighted by Gasteiger charge is 2.32. The van der Waals surface area contributed by atoms with Crippen molar-refractivity contribution in [2.24, 2.45) is 0 Å². The summed E-state index contributed by atoms with van der Waals surface area (Å²) in [4.78, 5) is 12.4. The van der Waals surface area contributed by atoms with Crippen LogP contribution >= 0.6 is 23.1 Å². The molecule has 1 aromatic carbocycles. The van der Waals surface area contributed by atoms with E-state index >= 15 is 0 Å². The Kier molecular flexibility index (Phi) is 6.09. The van der Waals surface area contributed by atoms with E-state index < -0.39 is 32.7 Å². The highest BCUT2D eigenvalue weighted by molar-refractivity contribution is 8.01. The zero-order valence-corrected chi connectivity index (χ0v) is 16.5. The number of anilines is 1. The average Bonchev–Trinajstić information content (AvgIpc) is 2.97. The van der Waals surface area contributed by atoms with Crippen molar-refractivity contribution in [3.63, 3.8) is 0 Å². The number of sulfone groups is 1. The topological polar surface area (TPSA) is 63.2 Å². The Hall–Kier alpha value is -1.52. The van der Waals surface area contributed by atoms with Crippen LogP contribution in [0.1, 0.15) is 29.8 Å². The van der Waals surface area contributed by atoms with Crippen LogP contribution in [0, 0.1) is 0 Å². The van der Waals surface area contributed by atoms with Gasteiger partial charge < -0.3 is 5.32 Å².